The zero-order chi connectivity index (χ0) is 26.9. The summed E-state index contributed by atoms with van der Waals surface area (Å²) in [5.41, 5.74) is 4.99. The summed E-state index contributed by atoms with van der Waals surface area (Å²) in [5, 5.41) is 4.32. The van der Waals surface area contributed by atoms with Crippen molar-refractivity contribution in [3.63, 3.8) is 0 Å². The van der Waals surface area contributed by atoms with E-state index in [0.29, 0.717) is 18.0 Å². The molecule has 0 atom stereocenters. The number of aromatic nitrogens is 1. The van der Waals surface area contributed by atoms with Gasteiger partial charge in [0.1, 0.15) is 0 Å². The molecule has 6 heteroatoms. The summed E-state index contributed by atoms with van der Waals surface area (Å²) in [5.74, 6) is 0.633. The van der Waals surface area contributed by atoms with Crippen LogP contribution in [0.5, 0.6) is 0 Å². The van der Waals surface area contributed by atoms with Crippen LogP contribution in [0, 0.1) is 5.92 Å². The van der Waals surface area contributed by atoms with Gasteiger partial charge in [-0.3, -0.25) is 14.5 Å². The van der Waals surface area contributed by atoms with E-state index in [-0.39, 0.29) is 11.8 Å². The molecule has 0 saturated carbocycles. The van der Waals surface area contributed by atoms with E-state index in [0.717, 1.165) is 68.6 Å². The van der Waals surface area contributed by atoms with Crippen LogP contribution in [0.2, 0.25) is 0 Å². The number of fused-ring (bicyclic) bond motifs is 2. The van der Waals surface area contributed by atoms with E-state index in [1.54, 1.807) is 6.92 Å². The highest BCUT2D eigenvalue weighted by atomic mass is 16.2. The molecule has 0 spiro atoms. The second-order valence-electron chi connectivity index (χ2n) is 11.1. The fraction of sp³-hybridized carbons (Fsp3) is 0.500. The monoisotopic (exact) mass is 516 g/mol. The molecule has 1 aliphatic heterocycles. The highest BCUT2D eigenvalue weighted by molar-refractivity contribution is 5.97. The van der Waals surface area contributed by atoms with E-state index < -0.39 is 0 Å². The second-order valence-corrected chi connectivity index (χ2v) is 11.1. The van der Waals surface area contributed by atoms with Gasteiger partial charge in [0.05, 0.1) is 0 Å². The van der Waals surface area contributed by atoms with Gasteiger partial charge >= 0.3 is 0 Å². The first-order valence-electron chi connectivity index (χ1n) is 14.4. The SMILES string of the molecule is CC(=O)N1CCCCCCCN(CCC(C)C)Cc2cc(C(=O)NCCc3c[nH]c4ccccc34)ccc21. The normalized spacial score (nSPS) is 15.6. The average molecular weight is 517 g/mol. The number of para-hydroxylation sites is 1. The van der Waals surface area contributed by atoms with Gasteiger partial charge in [-0.05, 0) is 80.1 Å². The molecule has 2 heterocycles. The van der Waals surface area contributed by atoms with E-state index in [9.17, 15) is 9.59 Å². The van der Waals surface area contributed by atoms with Gasteiger partial charge in [0.25, 0.3) is 5.91 Å². The maximum absolute atomic E-state index is 13.2. The van der Waals surface area contributed by atoms with Gasteiger partial charge in [-0.15, -0.1) is 0 Å². The lowest BCUT2D eigenvalue weighted by atomic mass is 10.0. The van der Waals surface area contributed by atoms with E-state index in [1.807, 2.05) is 41.4 Å². The Labute approximate surface area is 227 Å². The molecule has 0 unspecified atom stereocenters. The summed E-state index contributed by atoms with van der Waals surface area (Å²) >= 11 is 0. The van der Waals surface area contributed by atoms with Crippen molar-refractivity contribution in [1.82, 2.24) is 15.2 Å². The van der Waals surface area contributed by atoms with E-state index in [4.69, 9.17) is 0 Å². The number of nitrogens with zero attached hydrogens (tertiary/aromatic N) is 2. The van der Waals surface area contributed by atoms with Crippen LogP contribution in [0.1, 0.15) is 80.8 Å². The molecule has 0 bridgehead atoms. The number of rotatable bonds is 7. The molecule has 2 amide bonds. The third kappa shape index (κ3) is 7.47. The molecule has 1 aliphatic rings. The molecule has 2 aromatic carbocycles. The summed E-state index contributed by atoms with van der Waals surface area (Å²) in [6.45, 7) is 10.3. The third-order valence-corrected chi connectivity index (χ3v) is 7.64. The quantitative estimate of drug-likeness (QED) is 0.387. The molecule has 6 nitrogen and oxygen atoms in total. The molecule has 3 aromatic rings. The Morgan fingerprint density at radius 1 is 1.00 bits per heavy atom. The van der Waals surface area contributed by atoms with Gasteiger partial charge in [-0.25, -0.2) is 0 Å². The minimum absolute atomic E-state index is 0.0629. The summed E-state index contributed by atoms with van der Waals surface area (Å²) in [6.07, 6.45) is 9.71. The summed E-state index contributed by atoms with van der Waals surface area (Å²) in [4.78, 5) is 33.6. The fourth-order valence-corrected chi connectivity index (χ4v) is 5.40. The first-order chi connectivity index (χ1) is 18.4. The van der Waals surface area contributed by atoms with Gasteiger partial charge in [0.2, 0.25) is 5.91 Å². The molecule has 204 valence electrons. The lowest BCUT2D eigenvalue weighted by Gasteiger charge is -2.29. The van der Waals surface area contributed by atoms with Crippen molar-refractivity contribution in [1.29, 1.82) is 0 Å². The van der Waals surface area contributed by atoms with Gasteiger partial charge in [0.15, 0.2) is 0 Å². The second kappa shape index (κ2) is 13.6. The fourth-order valence-electron chi connectivity index (χ4n) is 5.40. The van der Waals surface area contributed by atoms with Gasteiger partial charge in [-0.1, -0.05) is 51.3 Å². The minimum atomic E-state index is -0.0677. The predicted molar refractivity (Wildman–Crippen MR) is 157 cm³/mol. The number of carbonyl (C=O) groups is 2. The Morgan fingerprint density at radius 3 is 2.55 bits per heavy atom. The third-order valence-electron chi connectivity index (χ3n) is 7.64. The maximum Gasteiger partial charge on any atom is 0.251 e. The zero-order valence-electron chi connectivity index (χ0n) is 23.4. The molecular weight excluding hydrogens is 472 g/mol. The number of hydrogen-bond acceptors (Lipinski definition) is 3. The van der Waals surface area contributed by atoms with Crippen molar-refractivity contribution in [3.05, 3.63) is 65.4 Å². The maximum atomic E-state index is 13.2. The lowest BCUT2D eigenvalue weighted by molar-refractivity contribution is -0.116. The first kappa shape index (κ1) is 27.9. The summed E-state index contributed by atoms with van der Waals surface area (Å²) in [6, 6.07) is 14.1. The molecule has 38 heavy (non-hydrogen) atoms. The molecule has 1 aromatic heterocycles. The topological polar surface area (TPSA) is 68.4 Å². The number of amides is 2. The Balaban J connectivity index is 1.52. The van der Waals surface area contributed by atoms with Crippen LogP contribution in [-0.4, -0.2) is 47.9 Å². The van der Waals surface area contributed by atoms with Gasteiger partial charge in [-0.2, -0.15) is 0 Å². The smallest absolute Gasteiger partial charge is 0.251 e. The van der Waals surface area contributed by atoms with Crippen LogP contribution < -0.4 is 10.2 Å². The van der Waals surface area contributed by atoms with Crippen molar-refractivity contribution in [3.8, 4) is 0 Å². The molecule has 2 N–H and O–H groups in total. The Morgan fingerprint density at radius 2 is 1.76 bits per heavy atom. The van der Waals surface area contributed by atoms with E-state index in [2.05, 4.69) is 41.2 Å². The molecule has 0 radical (unpaired) electrons. The van der Waals surface area contributed by atoms with Crippen molar-refractivity contribution >= 4 is 28.4 Å². The highest BCUT2D eigenvalue weighted by Gasteiger charge is 2.20. The number of carbonyl (C=O) groups excluding carboxylic acids is 2. The summed E-state index contributed by atoms with van der Waals surface area (Å²) < 4.78 is 0. The predicted octanol–water partition coefficient (Wildman–Crippen LogP) is 6.31. The van der Waals surface area contributed by atoms with Crippen LogP contribution in [0.3, 0.4) is 0 Å². The van der Waals surface area contributed by atoms with Gasteiger partial charge in [0, 0.05) is 54.9 Å². The summed E-state index contributed by atoms with van der Waals surface area (Å²) in [7, 11) is 0. The lowest BCUT2D eigenvalue weighted by Crippen LogP contribution is -2.33. The number of aromatic amines is 1. The molecule has 0 fully saturated rings. The average Bonchev–Trinajstić information content (AvgIpc) is 3.30. The van der Waals surface area contributed by atoms with Crippen molar-refractivity contribution in [2.24, 2.45) is 5.92 Å². The Bertz CT molecular complexity index is 1220. The number of nitrogens with one attached hydrogen (secondary N) is 2. The van der Waals surface area contributed by atoms with Crippen molar-refractivity contribution < 1.29 is 9.59 Å². The van der Waals surface area contributed by atoms with Crippen LogP contribution in [-0.2, 0) is 17.8 Å². The van der Waals surface area contributed by atoms with Crippen molar-refractivity contribution in [2.45, 2.75) is 72.3 Å². The highest BCUT2D eigenvalue weighted by Crippen LogP contribution is 2.26. The minimum Gasteiger partial charge on any atom is -0.361 e. The van der Waals surface area contributed by atoms with Gasteiger partial charge < -0.3 is 15.2 Å². The molecule has 0 saturated heterocycles. The number of H-pyrrole nitrogens is 1. The van der Waals surface area contributed by atoms with Crippen LogP contribution in [0.4, 0.5) is 5.69 Å². The zero-order valence-corrected chi connectivity index (χ0v) is 23.4. The Hall–Kier alpha value is -3.12. The molecular formula is C32H44N4O2. The number of hydrogen-bond donors (Lipinski definition) is 2. The van der Waals surface area contributed by atoms with Crippen LogP contribution >= 0.6 is 0 Å². The molecule has 0 aliphatic carbocycles. The van der Waals surface area contributed by atoms with E-state index in [1.165, 1.54) is 30.2 Å². The number of benzene rings is 2. The van der Waals surface area contributed by atoms with Crippen LogP contribution in [0.25, 0.3) is 10.9 Å². The van der Waals surface area contributed by atoms with E-state index >= 15 is 0 Å². The van der Waals surface area contributed by atoms with Crippen LogP contribution in [0.15, 0.2) is 48.7 Å². The Kier molecular flexibility index (Phi) is 9.99. The van der Waals surface area contributed by atoms with Crippen molar-refractivity contribution in [2.75, 3.05) is 31.1 Å². The first-order valence-corrected chi connectivity index (χ1v) is 14.4. The molecule has 4 rings (SSSR count). The largest absolute Gasteiger partial charge is 0.361 e. The standard InChI is InChI=1S/C32H44N4O2/c1-24(2)16-20-35-18-9-5-4-6-10-19-36(25(3)37)31-14-13-26(21-28(31)23-35)32(38)33-17-15-27-22-34-30-12-8-7-11-29(27)30/h7-8,11-14,21-22,24,34H,4-6,9-10,15-20,23H2,1-3H3,(H,33,38). The number of anilines is 1.